The van der Waals surface area contributed by atoms with Gasteiger partial charge in [0.25, 0.3) is 0 Å². The molecule has 0 bridgehead atoms. The van der Waals surface area contributed by atoms with Crippen molar-refractivity contribution in [1.82, 2.24) is 0 Å². The lowest BCUT2D eigenvalue weighted by Gasteiger charge is -2.23. The first-order valence-electron chi connectivity index (χ1n) is 3.67. The van der Waals surface area contributed by atoms with Crippen LogP contribution in [0.25, 0.3) is 0 Å². The maximum Gasteiger partial charge on any atom is 0.305 e. The van der Waals surface area contributed by atoms with E-state index in [0.717, 1.165) is 0 Å². The van der Waals surface area contributed by atoms with Crippen molar-refractivity contribution in [1.29, 1.82) is 0 Å². The molecule has 0 saturated heterocycles. The van der Waals surface area contributed by atoms with Crippen LogP contribution in [0.3, 0.4) is 0 Å². The van der Waals surface area contributed by atoms with Crippen LogP contribution in [0.15, 0.2) is 0 Å². The van der Waals surface area contributed by atoms with E-state index in [4.69, 9.17) is 4.74 Å². The molecule has 0 aliphatic rings. The van der Waals surface area contributed by atoms with E-state index in [1.807, 2.05) is 0 Å². The molecule has 5 heteroatoms. The number of carbonyl (C=O) groups is 1. The topological polar surface area (TPSA) is 46.5 Å². The van der Waals surface area contributed by atoms with Crippen molar-refractivity contribution in [3.05, 3.63) is 0 Å². The third-order valence-corrected chi connectivity index (χ3v) is 2.56. The van der Waals surface area contributed by atoms with E-state index in [9.17, 15) is 9.90 Å². The molecular weight excluding hydrogens is 196 g/mol. The van der Waals surface area contributed by atoms with Crippen LogP contribution in [0.4, 0.5) is 0 Å². The fourth-order valence-electron chi connectivity index (χ4n) is 0.458. The van der Waals surface area contributed by atoms with E-state index in [-0.39, 0.29) is 24.1 Å². The van der Waals surface area contributed by atoms with Crippen molar-refractivity contribution >= 4 is 31.2 Å². The quantitative estimate of drug-likeness (QED) is 0.458. The van der Waals surface area contributed by atoms with Crippen LogP contribution < -0.4 is 0 Å². The Labute approximate surface area is 83.3 Å². The Morgan fingerprint density at radius 1 is 1.50 bits per heavy atom. The molecule has 3 nitrogen and oxygen atoms in total. The Balaban J connectivity index is 3.80. The van der Waals surface area contributed by atoms with E-state index >= 15 is 0 Å². The highest BCUT2D eigenvalue weighted by atomic mass is 32.1. The van der Waals surface area contributed by atoms with Crippen LogP contribution in [0, 0.1) is 0 Å². The van der Waals surface area contributed by atoms with Crippen molar-refractivity contribution in [3.8, 4) is 0 Å². The summed E-state index contributed by atoms with van der Waals surface area (Å²) in [6, 6.07) is 0. The van der Waals surface area contributed by atoms with E-state index in [0.29, 0.717) is 6.42 Å². The predicted octanol–water partition coefficient (Wildman–Crippen LogP) is 0.530. The first-order valence-corrected chi connectivity index (χ1v) is 4.94. The van der Waals surface area contributed by atoms with Gasteiger partial charge in [0.2, 0.25) is 0 Å². The van der Waals surface area contributed by atoms with Gasteiger partial charge in [-0.15, -0.1) is 0 Å². The van der Waals surface area contributed by atoms with Crippen LogP contribution in [0.2, 0.25) is 0 Å². The summed E-state index contributed by atoms with van der Waals surface area (Å²) in [4.78, 5) is 10.7. The Morgan fingerprint density at radius 3 is 2.33 bits per heavy atom. The second-order valence-electron chi connectivity index (χ2n) is 2.55. The molecule has 0 aliphatic heterocycles. The first-order chi connectivity index (χ1) is 5.58. The SMILES string of the molecule is CCC(=O)OCC(O)(CS)CS. The summed E-state index contributed by atoms with van der Waals surface area (Å²) in [6.07, 6.45) is 0.315. The highest BCUT2D eigenvalue weighted by Gasteiger charge is 2.25. The van der Waals surface area contributed by atoms with E-state index in [1.165, 1.54) is 0 Å². The molecule has 0 radical (unpaired) electrons. The number of aliphatic hydroxyl groups is 1. The normalized spacial score (nSPS) is 11.3. The summed E-state index contributed by atoms with van der Waals surface area (Å²) >= 11 is 7.85. The van der Waals surface area contributed by atoms with Gasteiger partial charge in [-0.2, -0.15) is 25.3 Å². The summed E-state index contributed by atoms with van der Waals surface area (Å²) in [5, 5.41) is 9.54. The molecule has 0 atom stereocenters. The third kappa shape index (κ3) is 4.23. The molecular formula is C7H14O3S2. The molecule has 0 unspecified atom stereocenters. The molecule has 0 heterocycles. The Bertz CT molecular complexity index is 146. The lowest BCUT2D eigenvalue weighted by molar-refractivity contribution is -0.148. The molecule has 0 saturated carbocycles. The van der Waals surface area contributed by atoms with Gasteiger partial charge >= 0.3 is 5.97 Å². The number of hydrogen-bond acceptors (Lipinski definition) is 5. The van der Waals surface area contributed by atoms with Crippen LogP contribution in [0.5, 0.6) is 0 Å². The molecule has 0 aliphatic carbocycles. The standard InChI is InChI=1S/C7H14O3S2/c1-2-6(8)10-3-7(9,4-11)5-12/h9,11-12H,2-5H2,1H3. The molecule has 0 aromatic rings. The predicted molar refractivity (Wildman–Crippen MR) is 53.9 cm³/mol. The summed E-state index contributed by atoms with van der Waals surface area (Å²) in [5.74, 6) is 0.137. The van der Waals surface area contributed by atoms with Gasteiger partial charge in [-0.05, 0) is 0 Å². The molecule has 0 aromatic carbocycles. The summed E-state index contributed by atoms with van der Waals surface area (Å²) in [5.41, 5.74) is -1.10. The van der Waals surface area contributed by atoms with E-state index in [1.54, 1.807) is 6.92 Å². The fraction of sp³-hybridized carbons (Fsp3) is 0.857. The number of carbonyl (C=O) groups excluding carboxylic acids is 1. The van der Waals surface area contributed by atoms with E-state index < -0.39 is 5.60 Å². The minimum absolute atomic E-state index is 0.0350. The zero-order chi connectivity index (χ0) is 9.61. The second-order valence-corrected chi connectivity index (χ2v) is 3.19. The summed E-state index contributed by atoms with van der Waals surface area (Å²) < 4.78 is 4.75. The Morgan fingerprint density at radius 2 is 2.00 bits per heavy atom. The van der Waals surface area contributed by atoms with Crippen LogP contribution in [0.1, 0.15) is 13.3 Å². The second kappa shape index (κ2) is 5.72. The number of rotatable bonds is 5. The third-order valence-electron chi connectivity index (χ3n) is 1.38. The van der Waals surface area contributed by atoms with Gasteiger partial charge in [0.15, 0.2) is 0 Å². The zero-order valence-electron chi connectivity index (χ0n) is 6.99. The minimum Gasteiger partial charge on any atom is -0.463 e. The number of hydrogen-bond donors (Lipinski definition) is 3. The van der Waals surface area contributed by atoms with Gasteiger partial charge in [-0.3, -0.25) is 4.79 Å². The number of thiol groups is 2. The average Bonchev–Trinajstić information content (AvgIpc) is 2.13. The van der Waals surface area contributed by atoms with Crippen LogP contribution in [-0.2, 0) is 9.53 Å². The maximum absolute atomic E-state index is 10.7. The summed E-state index contributed by atoms with van der Waals surface area (Å²) in [6.45, 7) is 1.66. The Hall–Kier alpha value is 0.130. The Kier molecular flexibility index (Phi) is 5.78. The largest absolute Gasteiger partial charge is 0.463 e. The molecule has 1 N–H and O–H groups in total. The highest BCUT2D eigenvalue weighted by molar-refractivity contribution is 7.81. The zero-order valence-corrected chi connectivity index (χ0v) is 8.78. The monoisotopic (exact) mass is 210 g/mol. The molecule has 0 amide bonds. The van der Waals surface area contributed by atoms with Crippen molar-refractivity contribution in [3.63, 3.8) is 0 Å². The van der Waals surface area contributed by atoms with Gasteiger partial charge in [0, 0.05) is 17.9 Å². The van der Waals surface area contributed by atoms with Gasteiger partial charge in [0.1, 0.15) is 12.2 Å². The average molecular weight is 210 g/mol. The number of esters is 1. The van der Waals surface area contributed by atoms with Crippen LogP contribution in [-0.4, -0.2) is 34.8 Å². The molecule has 0 rings (SSSR count). The number of ether oxygens (including phenoxy) is 1. The van der Waals surface area contributed by atoms with Crippen molar-refractivity contribution in [2.75, 3.05) is 18.1 Å². The first kappa shape index (κ1) is 12.1. The van der Waals surface area contributed by atoms with Crippen molar-refractivity contribution < 1.29 is 14.6 Å². The van der Waals surface area contributed by atoms with Gasteiger partial charge in [-0.1, -0.05) is 6.92 Å². The van der Waals surface area contributed by atoms with Gasteiger partial charge < -0.3 is 9.84 Å². The van der Waals surface area contributed by atoms with Crippen molar-refractivity contribution in [2.24, 2.45) is 0 Å². The summed E-state index contributed by atoms with van der Waals surface area (Å²) in [7, 11) is 0. The maximum atomic E-state index is 10.7. The fourth-order valence-corrected chi connectivity index (χ4v) is 1.04. The smallest absolute Gasteiger partial charge is 0.305 e. The van der Waals surface area contributed by atoms with Gasteiger partial charge in [-0.25, -0.2) is 0 Å². The lowest BCUT2D eigenvalue weighted by Crippen LogP contribution is -2.39. The van der Waals surface area contributed by atoms with Crippen molar-refractivity contribution in [2.45, 2.75) is 18.9 Å². The molecule has 12 heavy (non-hydrogen) atoms. The lowest BCUT2D eigenvalue weighted by atomic mass is 10.1. The highest BCUT2D eigenvalue weighted by Crippen LogP contribution is 2.09. The van der Waals surface area contributed by atoms with Gasteiger partial charge in [0.05, 0.1) is 0 Å². The molecule has 0 aromatic heterocycles. The van der Waals surface area contributed by atoms with E-state index in [2.05, 4.69) is 25.3 Å². The molecule has 72 valence electrons. The van der Waals surface area contributed by atoms with Crippen LogP contribution >= 0.6 is 25.3 Å². The molecule has 0 spiro atoms. The minimum atomic E-state index is -1.10. The molecule has 0 fully saturated rings.